The Bertz CT molecular complexity index is 860. The standard InChI is InChI=1S/C24H31ClN2O3S/c1-5-17(2)26-24(29)18(3)27(14-20-8-6-7-9-22(20)25)23(28)16-31-15-19-10-12-21(30-4)13-11-19/h6-13,17-18H,5,14-16H2,1-4H3,(H,26,29)/t17-,18+/m1/s1. The van der Waals surface area contributed by atoms with Crippen molar-refractivity contribution >= 4 is 35.2 Å². The molecule has 2 aromatic carbocycles. The van der Waals surface area contributed by atoms with Gasteiger partial charge in [-0.15, -0.1) is 11.8 Å². The molecule has 0 saturated heterocycles. The van der Waals surface area contributed by atoms with Gasteiger partial charge in [-0.2, -0.15) is 0 Å². The van der Waals surface area contributed by atoms with E-state index in [1.807, 2.05) is 56.3 Å². The van der Waals surface area contributed by atoms with Crippen molar-refractivity contribution in [2.45, 2.75) is 51.6 Å². The highest BCUT2D eigenvalue weighted by Gasteiger charge is 2.27. The number of thioether (sulfide) groups is 1. The van der Waals surface area contributed by atoms with Crippen LogP contribution in [0.2, 0.25) is 5.02 Å². The summed E-state index contributed by atoms with van der Waals surface area (Å²) in [5.74, 6) is 1.53. The highest BCUT2D eigenvalue weighted by molar-refractivity contribution is 7.99. The fourth-order valence-electron chi connectivity index (χ4n) is 2.92. The lowest BCUT2D eigenvalue weighted by atomic mass is 10.1. The van der Waals surface area contributed by atoms with Crippen LogP contribution in [0.15, 0.2) is 48.5 Å². The molecular weight excluding hydrogens is 432 g/mol. The summed E-state index contributed by atoms with van der Waals surface area (Å²) in [6.07, 6.45) is 0.828. The fraction of sp³-hybridized carbons (Fsp3) is 0.417. The lowest BCUT2D eigenvalue weighted by molar-refractivity contribution is -0.138. The van der Waals surface area contributed by atoms with Crippen molar-refractivity contribution in [1.29, 1.82) is 0 Å². The van der Waals surface area contributed by atoms with E-state index in [-0.39, 0.29) is 30.2 Å². The summed E-state index contributed by atoms with van der Waals surface area (Å²) in [5, 5.41) is 3.56. The summed E-state index contributed by atoms with van der Waals surface area (Å²) in [6.45, 7) is 6.02. The predicted molar refractivity (Wildman–Crippen MR) is 129 cm³/mol. The molecule has 0 bridgehead atoms. The van der Waals surface area contributed by atoms with E-state index in [4.69, 9.17) is 16.3 Å². The smallest absolute Gasteiger partial charge is 0.242 e. The van der Waals surface area contributed by atoms with E-state index in [0.717, 1.165) is 23.3 Å². The van der Waals surface area contributed by atoms with Gasteiger partial charge in [0.05, 0.1) is 12.9 Å². The van der Waals surface area contributed by atoms with Gasteiger partial charge in [0.15, 0.2) is 0 Å². The number of hydrogen-bond acceptors (Lipinski definition) is 4. The molecule has 2 aromatic rings. The quantitative estimate of drug-likeness (QED) is 0.515. The average molecular weight is 463 g/mol. The summed E-state index contributed by atoms with van der Waals surface area (Å²) in [5.41, 5.74) is 1.93. The molecule has 5 nitrogen and oxygen atoms in total. The Balaban J connectivity index is 2.07. The van der Waals surface area contributed by atoms with Crippen molar-refractivity contribution in [2.75, 3.05) is 12.9 Å². The first-order valence-corrected chi connectivity index (χ1v) is 11.9. The zero-order valence-electron chi connectivity index (χ0n) is 18.6. The number of carbonyl (C=O) groups is 2. The lowest BCUT2D eigenvalue weighted by Gasteiger charge is -2.30. The molecule has 2 rings (SSSR count). The maximum absolute atomic E-state index is 13.1. The van der Waals surface area contributed by atoms with Crippen LogP contribution in [-0.2, 0) is 21.9 Å². The third-order valence-corrected chi connectivity index (χ3v) is 6.48. The zero-order chi connectivity index (χ0) is 22.8. The zero-order valence-corrected chi connectivity index (χ0v) is 20.1. The van der Waals surface area contributed by atoms with Crippen LogP contribution in [0.4, 0.5) is 0 Å². The second kappa shape index (κ2) is 12.6. The minimum atomic E-state index is -0.598. The SMILES string of the molecule is CC[C@@H](C)NC(=O)[C@H](C)N(Cc1ccccc1Cl)C(=O)CSCc1ccc(OC)cc1. The molecule has 0 saturated carbocycles. The summed E-state index contributed by atoms with van der Waals surface area (Å²) in [7, 11) is 1.63. The third-order valence-electron chi connectivity index (χ3n) is 5.12. The molecule has 2 atom stereocenters. The third kappa shape index (κ3) is 7.78. The van der Waals surface area contributed by atoms with Gasteiger partial charge in [-0.25, -0.2) is 0 Å². The Hall–Kier alpha value is -2.18. The minimum absolute atomic E-state index is 0.0525. The van der Waals surface area contributed by atoms with Crippen LogP contribution in [0, 0.1) is 0 Å². The monoisotopic (exact) mass is 462 g/mol. The van der Waals surface area contributed by atoms with Crippen LogP contribution in [0.3, 0.4) is 0 Å². The van der Waals surface area contributed by atoms with Crippen molar-refractivity contribution in [2.24, 2.45) is 0 Å². The molecule has 0 fully saturated rings. The first-order valence-electron chi connectivity index (χ1n) is 10.4. The van der Waals surface area contributed by atoms with E-state index in [0.29, 0.717) is 10.8 Å². The molecule has 7 heteroatoms. The van der Waals surface area contributed by atoms with Crippen molar-refractivity contribution in [3.63, 3.8) is 0 Å². The van der Waals surface area contributed by atoms with Gasteiger partial charge >= 0.3 is 0 Å². The lowest BCUT2D eigenvalue weighted by Crippen LogP contribution is -2.50. The molecule has 1 N–H and O–H groups in total. The second-order valence-corrected chi connectivity index (χ2v) is 8.84. The van der Waals surface area contributed by atoms with Crippen molar-refractivity contribution in [3.05, 3.63) is 64.7 Å². The fourth-order valence-corrected chi connectivity index (χ4v) is 3.99. The van der Waals surface area contributed by atoms with Gasteiger partial charge in [0, 0.05) is 23.4 Å². The Morgan fingerprint density at radius 3 is 2.42 bits per heavy atom. The van der Waals surface area contributed by atoms with Gasteiger partial charge in [-0.3, -0.25) is 9.59 Å². The van der Waals surface area contributed by atoms with Crippen LogP contribution in [0.1, 0.15) is 38.3 Å². The number of rotatable bonds is 11. The molecule has 0 unspecified atom stereocenters. The molecule has 0 aliphatic heterocycles. The van der Waals surface area contributed by atoms with E-state index >= 15 is 0 Å². The summed E-state index contributed by atoms with van der Waals surface area (Å²) in [4.78, 5) is 27.5. The van der Waals surface area contributed by atoms with Crippen LogP contribution < -0.4 is 10.1 Å². The van der Waals surface area contributed by atoms with E-state index in [1.54, 1.807) is 25.0 Å². The Labute approximate surface area is 194 Å². The number of ether oxygens (including phenoxy) is 1. The van der Waals surface area contributed by atoms with Crippen LogP contribution >= 0.6 is 23.4 Å². The largest absolute Gasteiger partial charge is 0.497 e. The normalized spacial score (nSPS) is 12.7. The highest BCUT2D eigenvalue weighted by Crippen LogP contribution is 2.21. The number of methoxy groups -OCH3 is 1. The molecule has 0 heterocycles. The number of hydrogen-bond donors (Lipinski definition) is 1. The number of nitrogens with zero attached hydrogens (tertiary/aromatic N) is 1. The summed E-state index contributed by atoms with van der Waals surface area (Å²) in [6, 6.07) is 14.6. The van der Waals surface area contributed by atoms with Gasteiger partial charge in [0.25, 0.3) is 0 Å². The van der Waals surface area contributed by atoms with E-state index in [9.17, 15) is 9.59 Å². The Kier molecular flexibility index (Phi) is 10.2. The highest BCUT2D eigenvalue weighted by atomic mass is 35.5. The number of carbonyl (C=O) groups excluding carboxylic acids is 2. The van der Waals surface area contributed by atoms with Crippen molar-refractivity contribution in [3.8, 4) is 5.75 Å². The molecule has 168 valence electrons. The second-order valence-electron chi connectivity index (χ2n) is 7.45. The van der Waals surface area contributed by atoms with Crippen LogP contribution in [0.25, 0.3) is 0 Å². The van der Waals surface area contributed by atoms with Crippen LogP contribution in [-0.4, -0.2) is 41.7 Å². The average Bonchev–Trinajstić information content (AvgIpc) is 2.78. The van der Waals surface area contributed by atoms with Gasteiger partial charge in [0.1, 0.15) is 11.8 Å². The number of amides is 2. The summed E-state index contributed by atoms with van der Waals surface area (Å²) >= 11 is 7.84. The molecule has 0 radical (unpaired) electrons. The first kappa shape index (κ1) is 25.1. The van der Waals surface area contributed by atoms with Gasteiger partial charge in [-0.1, -0.05) is 48.9 Å². The number of benzene rings is 2. The maximum atomic E-state index is 13.1. The molecule has 0 aliphatic carbocycles. The number of nitrogens with one attached hydrogen (secondary N) is 1. The topological polar surface area (TPSA) is 58.6 Å². The first-order chi connectivity index (χ1) is 14.8. The molecule has 0 aliphatic rings. The molecular formula is C24H31ClN2O3S. The molecule has 0 aromatic heterocycles. The van der Waals surface area contributed by atoms with Gasteiger partial charge < -0.3 is 15.0 Å². The molecule has 0 spiro atoms. The van der Waals surface area contributed by atoms with Gasteiger partial charge in [-0.05, 0) is 49.6 Å². The van der Waals surface area contributed by atoms with E-state index in [2.05, 4.69) is 5.32 Å². The maximum Gasteiger partial charge on any atom is 0.242 e. The van der Waals surface area contributed by atoms with E-state index < -0.39 is 6.04 Å². The summed E-state index contributed by atoms with van der Waals surface area (Å²) < 4.78 is 5.18. The Morgan fingerprint density at radius 2 is 1.81 bits per heavy atom. The number of halogens is 1. The molecule has 31 heavy (non-hydrogen) atoms. The minimum Gasteiger partial charge on any atom is -0.497 e. The van der Waals surface area contributed by atoms with Crippen molar-refractivity contribution in [1.82, 2.24) is 10.2 Å². The van der Waals surface area contributed by atoms with Crippen molar-refractivity contribution < 1.29 is 14.3 Å². The van der Waals surface area contributed by atoms with Gasteiger partial charge in [0.2, 0.25) is 11.8 Å². The Morgan fingerprint density at radius 1 is 1.13 bits per heavy atom. The van der Waals surface area contributed by atoms with Crippen LogP contribution in [0.5, 0.6) is 5.75 Å². The predicted octanol–water partition coefficient (Wildman–Crippen LogP) is 4.91. The molecule has 2 amide bonds. The van der Waals surface area contributed by atoms with E-state index in [1.165, 1.54) is 11.8 Å².